The highest BCUT2D eigenvalue weighted by molar-refractivity contribution is 14.1. The monoisotopic (exact) mass is 493 g/mol. The Balaban J connectivity index is 1.29. The van der Waals surface area contributed by atoms with Crippen molar-refractivity contribution in [2.45, 2.75) is 18.9 Å². The van der Waals surface area contributed by atoms with Gasteiger partial charge < -0.3 is 19.9 Å². The van der Waals surface area contributed by atoms with Crippen LogP contribution < -0.4 is 10.2 Å². The van der Waals surface area contributed by atoms with E-state index < -0.39 is 0 Å². The Bertz CT molecular complexity index is 802. The van der Waals surface area contributed by atoms with E-state index in [0.717, 1.165) is 59.9 Å². The number of rotatable bonds is 5. The van der Waals surface area contributed by atoms with Crippen LogP contribution in [0.3, 0.4) is 0 Å². The number of hydrogen-bond acceptors (Lipinski definition) is 6. The first-order valence-electron chi connectivity index (χ1n) is 9.68. The highest BCUT2D eigenvalue weighted by atomic mass is 127. The molecule has 8 heteroatoms. The molecule has 2 aliphatic rings. The Morgan fingerprint density at radius 2 is 2.04 bits per heavy atom. The van der Waals surface area contributed by atoms with Crippen molar-refractivity contribution in [1.82, 2.24) is 15.1 Å². The lowest BCUT2D eigenvalue weighted by molar-refractivity contribution is 0.0746. The van der Waals surface area contributed by atoms with E-state index in [9.17, 15) is 4.79 Å². The van der Waals surface area contributed by atoms with Crippen molar-refractivity contribution >= 4 is 40.1 Å². The predicted molar refractivity (Wildman–Crippen MR) is 117 cm³/mol. The minimum absolute atomic E-state index is 0.0953. The molecule has 0 radical (unpaired) electrons. The molecule has 2 aromatic rings. The number of ether oxygens (including phenoxy) is 1. The van der Waals surface area contributed by atoms with Crippen molar-refractivity contribution in [1.29, 1.82) is 0 Å². The molecule has 0 aliphatic carbocycles. The average molecular weight is 493 g/mol. The Hall–Kier alpha value is -1.94. The first-order chi connectivity index (χ1) is 13.7. The maximum Gasteiger partial charge on any atom is 0.254 e. The van der Waals surface area contributed by atoms with Crippen molar-refractivity contribution in [2.75, 3.05) is 49.5 Å². The Morgan fingerprint density at radius 1 is 1.18 bits per heavy atom. The normalized spacial score (nSPS) is 19.7. The molecule has 28 heavy (non-hydrogen) atoms. The van der Waals surface area contributed by atoms with E-state index in [1.54, 1.807) is 0 Å². The van der Waals surface area contributed by atoms with Gasteiger partial charge >= 0.3 is 0 Å². The van der Waals surface area contributed by atoms with Crippen LogP contribution in [-0.4, -0.2) is 66.4 Å². The van der Waals surface area contributed by atoms with Crippen LogP contribution in [0.15, 0.2) is 36.4 Å². The summed E-state index contributed by atoms with van der Waals surface area (Å²) >= 11 is 2.23. The molecule has 1 atom stereocenters. The average Bonchev–Trinajstić information content (AvgIpc) is 3.26. The molecule has 2 aliphatic heterocycles. The number of amides is 1. The van der Waals surface area contributed by atoms with Gasteiger partial charge in [-0.1, -0.05) is 6.07 Å². The molecule has 3 heterocycles. The molecule has 4 rings (SSSR count). The fourth-order valence-corrected chi connectivity index (χ4v) is 4.10. The number of nitrogens with zero attached hydrogens (tertiary/aromatic N) is 4. The number of halogens is 1. The molecule has 1 aromatic heterocycles. The number of piperazine rings is 1. The molecule has 0 spiro atoms. The summed E-state index contributed by atoms with van der Waals surface area (Å²) in [5.41, 5.74) is 0.752. The van der Waals surface area contributed by atoms with E-state index in [1.807, 2.05) is 41.3 Å². The van der Waals surface area contributed by atoms with E-state index >= 15 is 0 Å². The molecule has 7 nitrogen and oxygen atoms in total. The zero-order valence-corrected chi connectivity index (χ0v) is 17.8. The van der Waals surface area contributed by atoms with Crippen LogP contribution >= 0.6 is 22.6 Å². The molecular formula is C20H24IN5O2. The molecule has 2 fully saturated rings. The van der Waals surface area contributed by atoms with Gasteiger partial charge in [0, 0.05) is 48.5 Å². The molecule has 148 valence electrons. The zero-order valence-electron chi connectivity index (χ0n) is 15.7. The minimum atomic E-state index is 0.0953. The largest absolute Gasteiger partial charge is 0.376 e. The third-order valence-corrected chi connectivity index (χ3v) is 5.82. The lowest BCUT2D eigenvalue weighted by atomic mass is 10.2. The molecular weight excluding hydrogens is 469 g/mol. The molecule has 0 bridgehead atoms. The smallest absolute Gasteiger partial charge is 0.254 e. The maximum atomic E-state index is 12.7. The van der Waals surface area contributed by atoms with Gasteiger partial charge in [0.1, 0.15) is 5.82 Å². The topological polar surface area (TPSA) is 70.6 Å². The molecule has 1 aromatic carbocycles. The summed E-state index contributed by atoms with van der Waals surface area (Å²) in [5, 5.41) is 11.9. The van der Waals surface area contributed by atoms with Crippen LogP contribution in [0, 0.1) is 3.57 Å². The third-order valence-electron chi connectivity index (χ3n) is 5.15. The third kappa shape index (κ3) is 4.72. The molecule has 0 saturated carbocycles. The maximum absolute atomic E-state index is 12.7. The number of nitrogens with one attached hydrogen (secondary N) is 1. The van der Waals surface area contributed by atoms with Crippen molar-refractivity contribution in [2.24, 2.45) is 0 Å². The Labute approximate surface area is 178 Å². The van der Waals surface area contributed by atoms with Gasteiger partial charge in [-0.15, -0.1) is 10.2 Å². The summed E-state index contributed by atoms with van der Waals surface area (Å²) in [6.07, 6.45) is 2.51. The van der Waals surface area contributed by atoms with E-state index in [4.69, 9.17) is 4.74 Å². The molecule has 1 unspecified atom stereocenters. The number of carbonyl (C=O) groups excluding carboxylic acids is 1. The number of carbonyl (C=O) groups is 1. The quantitative estimate of drug-likeness (QED) is 0.647. The highest BCUT2D eigenvalue weighted by Gasteiger charge is 2.23. The minimum Gasteiger partial charge on any atom is -0.376 e. The fraction of sp³-hybridized carbons (Fsp3) is 0.450. The summed E-state index contributed by atoms with van der Waals surface area (Å²) in [5.74, 6) is 1.72. The number of benzene rings is 1. The summed E-state index contributed by atoms with van der Waals surface area (Å²) in [4.78, 5) is 16.8. The SMILES string of the molecule is O=C(c1cccc(I)c1)N1CCN(c2ccc(NCC3CCCO3)nn2)CC1. The second-order valence-corrected chi connectivity index (χ2v) is 8.33. The van der Waals surface area contributed by atoms with Crippen LogP contribution in [0.1, 0.15) is 23.2 Å². The standard InChI is InChI=1S/C20H24IN5O2/c21-16-4-1-3-15(13-16)20(27)26-10-8-25(9-11-26)19-7-6-18(23-24-19)22-14-17-5-2-12-28-17/h1,3-4,6-7,13,17H,2,5,8-12,14H2,(H,22,23). The van der Waals surface area contributed by atoms with Gasteiger partial charge in [0.05, 0.1) is 6.10 Å². The molecule has 1 amide bonds. The van der Waals surface area contributed by atoms with Gasteiger partial charge in [-0.05, 0) is 65.8 Å². The summed E-state index contributed by atoms with van der Waals surface area (Å²) in [6, 6.07) is 11.7. The first kappa shape index (κ1) is 19.4. The van der Waals surface area contributed by atoms with Crippen LogP contribution in [-0.2, 0) is 4.74 Å². The zero-order chi connectivity index (χ0) is 19.3. The van der Waals surface area contributed by atoms with Gasteiger partial charge in [0.15, 0.2) is 5.82 Å². The number of aromatic nitrogens is 2. The second-order valence-electron chi connectivity index (χ2n) is 7.08. The van der Waals surface area contributed by atoms with Gasteiger partial charge in [0.2, 0.25) is 0 Å². The second kappa shape index (κ2) is 9.04. The van der Waals surface area contributed by atoms with E-state index in [1.165, 1.54) is 0 Å². The summed E-state index contributed by atoms with van der Waals surface area (Å²) in [6.45, 7) is 4.51. The fourth-order valence-electron chi connectivity index (χ4n) is 3.55. The molecule has 1 N–H and O–H groups in total. The van der Waals surface area contributed by atoms with Crippen molar-refractivity contribution in [3.05, 3.63) is 45.5 Å². The van der Waals surface area contributed by atoms with E-state index in [0.29, 0.717) is 13.1 Å². The van der Waals surface area contributed by atoms with Crippen LogP contribution in [0.4, 0.5) is 11.6 Å². The van der Waals surface area contributed by atoms with Gasteiger partial charge in [-0.2, -0.15) is 0 Å². The van der Waals surface area contributed by atoms with Crippen LogP contribution in [0.25, 0.3) is 0 Å². The van der Waals surface area contributed by atoms with Gasteiger partial charge in [0.25, 0.3) is 5.91 Å². The van der Waals surface area contributed by atoms with E-state index in [2.05, 4.69) is 43.0 Å². The lowest BCUT2D eigenvalue weighted by Gasteiger charge is -2.35. The Morgan fingerprint density at radius 3 is 2.71 bits per heavy atom. The first-order valence-corrected chi connectivity index (χ1v) is 10.8. The predicted octanol–water partition coefficient (Wildman–Crippen LogP) is 2.63. The number of anilines is 2. The van der Waals surface area contributed by atoms with Crippen LogP contribution in [0.2, 0.25) is 0 Å². The van der Waals surface area contributed by atoms with E-state index in [-0.39, 0.29) is 12.0 Å². The summed E-state index contributed by atoms with van der Waals surface area (Å²) < 4.78 is 6.68. The van der Waals surface area contributed by atoms with Gasteiger partial charge in [-0.3, -0.25) is 4.79 Å². The van der Waals surface area contributed by atoms with Crippen LogP contribution in [0.5, 0.6) is 0 Å². The number of hydrogen-bond donors (Lipinski definition) is 1. The van der Waals surface area contributed by atoms with Crippen molar-refractivity contribution < 1.29 is 9.53 Å². The summed E-state index contributed by atoms with van der Waals surface area (Å²) in [7, 11) is 0. The van der Waals surface area contributed by atoms with Crippen molar-refractivity contribution in [3.63, 3.8) is 0 Å². The van der Waals surface area contributed by atoms with Gasteiger partial charge in [-0.25, -0.2) is 0 Å². The highest BCUT2D eigenvalue weighted by Crippen LogP contribution is 2.17. The lowest BCUT2D eigenvalue weighted by Crippen LogP contribution is -2.49. The van der Waals surface area contributed by atoms with Crippen molar-refractivity contribution in [3.8, 4) is 0 Å². The Kier molecular flexibility index (Phi) is 6.26. The molecule has 2 saturated heterocycles.